The highest BCUT2D eigenvalue weighted by molar-refractivity contribution is 5.88. The van der Waals surface area contributed by atoms with E-state index in [1.807, 2.05) is 0 Å². The highest BCUT2D eigenvalue weighted by atomic mass is 16.7. The molecule has 9 unspecified atom stereocenters. The van der Waals surface area contributed by atoms with Gasteiger partial charge in [0.15, 0.2) is 23.5 Å². The number of phenolic OH excluding ortho intramolecular Hbond substituents is 3. The van der Waals surface area contributed by atoms with Gasteiger partial charge in [0, 0.05) is 24.1 Å². The summed E-state index contributed by atoms with van der Waals surface area (Å²) >= 11 is 0. The first kappa shape index (κ1) is 30.8. The van der Waals surface area contributed by atoms with Crippen LogP contribution in [0.2, 0.25) is 0 Å². The third kappa shape index (κ3) is 5.93. The van der Waals surface area contributed by atoms with Crippen molar-refractivity contribution in [3.8, 4) is 40.1 Å². The molecule has 0 aliphatic carbocycles. The maximum Gasteiger partial charge on any atom is 0.239 e. The van der Waals surface area contributed by atoms with Gasteiger partial charge in [0.25, 0.3) is 0 Å². The zero-order chi connectivity index (χ0) is 31.2. The van der Waals surface area contributed by atoms with E-state index in [1.54, 1.807) is 6.92 Å². The van der Waals surface area contributed by atoms with E-state index in [1.165, 1.54) is 25.3 Å². The molecule has 234 valence electrons. The van der Waals surface area contributed by atoms with Crippen molar-refractivity contribution in [2.75, 3.05) is 13.7 Å². The molecule has 0 amide bonds. The Labute approximate surface area is 243 Å². The lowest BCUT2D eigenvalue weighted by molar-refractivity contribution is -0.305. The number of hydrogen-bond donors (Lipinski definition) is 8. The van der Waals surface area contributed by atoms with Crippen molar-refractivity contribution in [2.24, 2.45) is 0 Å². The van der Waals surface area contributed by atoms with Crippen LogP contribution in [-0.2, 0) is 14.2 Å². The molecule has 3 aromatic rings. The van der Waals surface area contributed by atoms with Crippen LogP contribution in [0.15, 0.2) is 39.5 Å². The summed E-state index contributed by atoms with van der Waals surface area (Å²) in [7, 11) is 1.30. The molecule has 0 saturated carbocycles. The third-order valence-electron chi connectivity index (χ3n) is 7.37. The molecule has 0 spiro atoms. The molecular formula is C28H32O15. The number of aliphatic hydroxyl groups is 5. The number of rotatable bonds is 7. The minimum Gasteiger partial charge on any atom is -0.508 e. The number of ether oxygens (including phenoxy) is 5. The average molecular weight is 609 g/mol. The normalized spacial score (nSPS) is 31.2. The summed E-state index contributed by atoms with van der Waals surface area (Å²) < 4.78 is 33.5. The molecule has 2 fully saturated rings. The molecule has 9 atom stereocenters. The van der Waals surface area contributed by atoms with Gasteiger partial charge >= 0.3 is 0 Å². The second kappa shape index (κ2) is 12.1. The van der Waals surface area contributed by atoms with Gasteiger partial charge in [-0.1, -0.05) is 0 Å². The zero-order valence-electron chi connectivity index (χ0n) is 22.9. The van der Waals surface area contributed by atoms with Crippen LogP contribution in [0.25, 0.3) is 22.3 Å². The first-order chi connectivity index (χ1) is 20.4. The monoisotopic (exact) mass is 608 g/mol. The van der Waals surface area contributed by atoms with Crippen LogP contribution in [0.1, 0.15) is 13.3 Å². The molecule has 5 rings (SSSR count). The van der Waals surface area contributed by atoms with Gasteiger partial charge < -0.3 is 69.0 Å². The van der Waals surface area contributed by atoms with Crippen molar-refractivity contribution in [3.05, 3.63) is 40.6 Å². The van der Waals surface area contributed by atoms with Crippen LogP contribution in [0, 0.1) is 0 Å². The second-order valence-electron chi connectivity index (χ2n) is 10.4. The van der Waals surface area contributed by atoms with E-state index in [-0.39, 0.29) is 40.2 Å². The third-order valence-corrected chi connectivity index (χ3v) is 7.37. The van der Waals surface area contributed by atoms with Crippen molar-refractivity contribution < 1.29 is 69.0 Å². The molecule has 15 nitrogen and oxygen atoms in total. The zero-order valence-corrected chi connectivity index (χ0v) is 22.9. The molecule has 0 radical (unpaired) electrons. The Hall–Kier alpha value is -3.67. The molecule has 2 saturated heterocycles. The van der Waals surface area contributed by atoms with Crippen LogP contribution >= 0.6 is 0 Å². The fraction of sp³-hybridized carbons (Fsp3) is 0.464. The Kier molecular flexibility index (Phi) is 8.69. The minimum atomic E-state index is -1.90. The van der Waals surface area contributed by atoms with Gasteiger partial charge in [-0.15, -0.1) is 0 Å². The summed E-state index contributed by atoms with van der Waals surface area (Å²) in [6, 6.07) is 5.92. The predicted octanol–water partition coefficient (Wildman–Crippen LogP) is -0.355. The van der Waals surface area contributed by atoms with Gasteiger partial charge in [-0.05, 0) is 25.1 Å². The van der Waals surface area contributed by atoms with Gasteiger partial charge in [-0.3, -0.25) is 4.79 Å². The molecular weight excluding hydrogens is 576 g/mol. The topological polar surface area (TPSA) is 238 Å². The lowest BCUT2D eigenvalue weighted by atomic mass is 9.99. The van der Waals surface area contributed by atoms with Gasteiger partial charge in [0.1, 0.15) is 53.0 Å². The quantitative estimate of drug-likeness (QED) is 0.171. The molecule has 0 bridgehead atoms. The van der Waals surface area contributed by atoms with E-state index in [2.05, 4.69) is 0 Å². The first-order valence-corrected chi connectivity index (χ1v) is 13.3. The summed E-state index contributed by atoms with van der Waals surface area (Å²) in [6.07, 6.45) is -12.6. The molecule has 8 N–H and O–H groups in total. The van der Waals surface area contributed by atoms with Crippen LogP contribution in [-0.4, -0.2) is 110 Å². The fourth-order valence-electron chi connectivity index (χ4n) is 4.94. The Balaban J connectivity index is 1.49. The predicted molar refractivity (Wildman–Crippen MR) is 144 cm³/mol. The van der Waals surface area contributed by atoms with E-state index in [9.17, 15) is 45.6 Å². The lowest BCUT2D eigenvalue weighted by Crippen LogP contribution is -2.61. The maximum absolute atomic E-state index is 13.7. The second-order valence-corrected chi connectivity index (χ2v) is 10.4. The van der Waals surface area contributed by atoms with E-state index in [4.69, 9.17) is 28.1 Å². The number of aromatic hydroxyl groups is 3. The van der Waals surface area contributed by atoms with Gasteiger partial charge in [0.2, 0.25) is 17.5 Å². The first-order valence-electron chi connectivity index (χ1n) is 13.3. The summed E-state index contributed by atoms with van der Waals surface area (Å²) in [5, 5.41) is 82.0. The summed E-state index contributed by atoms with van der Waals surface area (Å²) in [4.78, 5) is 13.7. The Morgan fingerprint density at radius 2 is 1.63 bits per heavy atom. The van der Waals surface area contributed by atoms with Crippen molar-refractivity contribution in [2.45, 2.75) is 68.7 Å². The number of phenols is 3. The lowest BCUT2D eigenvalue weighted by Gasteiger charge is -2.41. The molecule has 2 aromatic carbocycles. The average Bonchev–Trinajstić information content (AvgIpc) is 2.96. The van der Waals surface area contributed by atoms with Gasteiger partial charge in [0.05, 0.1) is 25.9 Å². The van der Waals surface area contributed by atoms with Crippen molar-refractivity contribution >= 4 is 11.0 Å². The summed E-state index contributed by atoms with van der Waals surface area (Å²) in [6.45, 7) is 1.11. The fourth-order valence-corrected chi connectivity index (χ4v) is 4.94. The summed E-state index contributed by atoms with van der Waals surface area (Å²) in [5.41, 5.74) is -1.04. The van der Waals surface area contributed by atoms with Crippen LogP contribution in [0.4, 0.5) is 0 Å². The number of benzene rings is 2. The molecule has 3 heterocycles. The highest BCUT2D eigenvalue weighted by Gasteiger charge is 2.46. The minimum absolute atomic E-state index is 0.00335. The van der Waals surface area contributed by atoms with E-state index in [0.29, 0.717) is 0 Å². The molecule has 43 heavy (non-hydrogen) atoms. The Morgan fingerprint density at radius 1 is 0.884 bits per heavy atom. The van der Waals surface area contributed by atoms with Crippen molar-refractivity contribution in [1.29, 1.82) is 0 Å². The summed E-state index contributed by atoms with van der Waals surface area (Å²) in [5.74, 6) is -2.14. The Bertz CT molecular complexity index is 1520. The SMILES string of the molecule is COc1cc(-c2oc3cc(O)cc(O)c3c(=O)c2OC2OC(COC3OC(C)C(O)CC3O)C(O)C(O)C2O)ccc1O. The van der Waals surface area contributed by atoms with Gasteiger partial charge in [-0.25, -0.2) is 0 Å². The molecule has 1 aromatic heterocycles. The van der Waals surface area contributed by atoms with E-state index in [0.717, 1.165) is 12.1 Å². The molecule has 2 aliphatic rings. The highest BCUT2D eigenvalue weighted by Crippen LogP contribution is 2.39. The number of hydrogen-bond acceptors (Lipinski definition) is 15. The van der Waals surface area contributed by atoms with Gasteiger partial charge in [-0.2, -0.15) is 0 Å². The van der Waals surface area contributed by atoms with Crippen molar-refractivity contribution in [1.82, 2.24) is 0 Å². The van der Waals surface area contributed by atoms with E-state index >= 15 is 0 Å². The molecule has 15 heteroatoms. The number of fused-ring (bicyclic) bond motifs is 1. The molecule has 2 aliphatic heterocycles. The number of aliphatic hydroxyl groups excluding tert-OH is 5. The standard InChI is InChI=1S/C28H32O15/c1-10-14(31)8-16(33)27(40-10)39-9-19-21(34)23(36)24(37)28(42-19)43-26-22(35)20-15(32)6-12(29)7-18(20)41-25(26)11-3-4-13(30)17(5-11)38-2/h3-7,10,14,16,19,21,23-24,27-34,36-37H,8-9H2,1-2H3. The largest absolute Gasteiger partial charge is 0.508 e. The van der Waals surface area contributed by atoms with Crippen LogP contribution in [0.3, 0.4) is 0 Å². The smallest absolute Gasteiger partial charge is 0.239 e. The van der Waals surface area contributed by atoms with Crippen LogP contribution in [0.5, 0.6) is 28.7 Å². The number of methoxy groups -OCH3 is 1. The Morgan fingerprint density at radius 3 is 2.35 bits per heavy atom. The van der Waals surface area contributed by atoms with Crippen LogP contribution < -0.4 is 14.9 Å². The maximum atomic E-state index is 13.7. The van der Waals surface area contributed by atoms with E-state index < -0.39 is 84.6 Å². The van der Waals surface area contributed by atoms with Crippen molar-refractivity contribution in [3.63, 3.8) is 0 Å².